The maximum atomic E-state index is 13.2. The van der Waals surface area contributed by atoms with E-state index >= 15 is 0 Å². The third-order valence-corrected chi connectivity index (χ3v) is 5.42. The molecule has 3 rings (SSSR count). The van der Waals surface area contributed by atoms with Gasteiger partial charge in [-0.25, -0.2) is 9.69 Å². The van der Waals surface area contributed by atoms with Crippen LogP contribution in [0.25, 0.3) is 6.08 Å². The van der Waals surface area contributed by atoms with Gasteiger partial charge in [0.15, 0.2) is 11.5 Å². The first-order valence-electron chi connectivity index (χ1n) is 9.62. The molecule has 7 nitrogen and oxygen atoms in total. The number of imide groups is 2. The molecular formula is C23H20Cl2N2O5. The van der Waals surface area contributed by atoms with Gasteiger partial charge in [-0.3, -0.25) is 14.9 Å². The molecule has 4 amide bonds. The third-order valence-electron chi connectivity index (χ3n) is 4.61. The van der Waals surface area contributed by atoms with E-state index in [0.29, 0.717) is 30.1 Å². The van der Waals surface area contributed by atoms with Gasteiger partial charge >= 0.3 is 6.03 Å². The van der Waals surface area contributed by atoms with Crippen molar-refractivity contribution >= 4 is 52.8 Å². The Balaban J connectivity index is 2.11. The average Bonchev–Trinajstić information content (AvgIpc) is 2.74. The van der Waals surface area contributed by atoms with Crippen LogP contribution in [0.1, 0.15) is 18.1 Å². The van der Waals surface area contributed by atoms with Gasteiger partial charge in [-0.1, -0.05) is 35.3 Å². The number of nitrogens with zero attached hydrogens (tertiary/aromatic N) is 1. The van der Waals surface area contributed by atoms with E-state index in [9.17, 15) is 14.4 Å². The number of ether oxygens (including phenoxy) is 2. The Morgan fingerprint density at radius 2 is 1.94 bits per heavy atom. The highest BCUT2D eigenvalue weighted by atomic mass is 35.5. The molecule has 0 unspecified atom stereocenters. The third kappa shape index (κ3) is 4.49. The molecule has 1 N–H and O–H groups in total. The Hall–Kier alpha value is -3.29. The molecule has 0 aromatic heterocycles. The summed E-state index contributed by atoms with van der Waals surface area (Å²) in [5.41, 5.74) is 1.08. The monoisotopic (exact) mass is 474 g/mol. The molecule has 1 saturated heterocycles. The molecular weight excluding hydrogens is 455 g/mol. The molecule has 0 bridgehead atoms. The summed E-state index contributed by atoms with van der Waals surface area (Å²) in [6.45, 7) is 5.96. The maximum absolute atomic E-state index is 13.2. The number of halogens is 2. The van der Waals surface area contributed by atoms with Crippen LogP contribution in [0.2, 0.25) is 10.0 Å². The Bertz CT molecular complexity index is 1140. The van der Waals surface area contributed by atoms with Crippen molar-refractivity contribution in [1.82, 2.24) is 5.32 Å². The van der Waals surface area contributed by atoms with Crippen LogP contribution in [0.15, 0.2) is 48.6 Å². The van der Waals surface area contributed by atoms with Crippen molar-refractivity contribution in [2.45, 2.75) is 13.3 Å². The molecule has 9 heteroatoms. The van der Waals surface area contributed by atoms with Gasteiger partial charge in [0.25, 0.3) is 11.8 Å². The fourth-order valence-electron chi connectivity index (χ4n) is 3.28. The van der Waals surface area contributed by atoms with Gasteiger partial charge in [0.05, 0.1) is 29.4 Å². The van der Waals surface area contributed by atoms with E-state index in [1.165, 1.54) is 25.3 Å². The second kappa shape index (κ2) is 9.89. The Morgan fingerprint density at radius 1 is 1.19 bits per heavy atom. The maximum Gasteiger partial charge on any atom is 0.336 e. The van der Waals surface area contributed by atoms with Crippen molar-refractivity contribution in [3.8, 4) is 11.5 Å². The fourth-order valence-corrected chi connectivity index (χ4v) is 3.66. The Labute approximate surface area is 195 Å². The highest BCUT2D eigenvalue weighted by Crippen LogP contribution is 2.36. The number of rotatable bonds is 7. The number of hydrogen-bond donors (Lipinski definition) is 1. The molecule has 2 aromatic carbocycles. The van der Waals surface area contributed by atoms with Crippen molar-refractivity contribution < 1.29 is 23.9 Å². The lowest BCUT2D eigenvalue weighted by atomic mass is 10.0. The predicted octanol–water partition coefficient (Wildman–Crippen LogP) is 4.80. The van der Waals surface area contributed by atoms with E-state index in [1.807, 2.05) is 6.92 Å². The van der Waals surface area contributed by atoms with E-state index in [4.69, 9.17) is 32.7 Å². The molecule has 1 aliphatic heterocycles. The summed E-state index contributed by atoms with van der Waals surface area (Å²) in [5, 5.41) is 2.34. The summed E-state index contributed by atoms with van der Waals surface area (Å²) < 4.78 is 11.1. The van der Waals surface area contributed by atoms with Crippen molar-refractivity contribution in [2.75, 3.05) is 18.6 Å². The van der Waals surface area contributed by atoms with E-state index in [0.717, 1.165) is 10.5 Å². The number of urea groups is 1. The predicted molar refractivity (Wildman–Crippen MR) is 124 cm³/mol. The fraction of sp³-hybridized carbons (Fsp3) is 0.174. The SMILES string of the molecule is C=CCc1cc(/C=C2\C(=O)NC(=O)N(c3cccc(Cl)c3Cl)C2=O)cc(OCC)c1OC. The van der Waals surface area contributed by atoms with Crippen LogP contribution in [0.4, 0.5) is 10.5 Å². The lowest BCUT2D eigenvalue weighted by molar-refractivity contribution is -0.122. The first-order valence-corrected chi connectivity index (χ1v) is 10.4. The van der Waals surface area contributed by atoms with Gasteiger partial charge in [-0.15, -0.1) is 6.58 Å². The van der Waals surface area contributed by atoms with Crippen molar-refractivity contribution in [3.63, 3.8) is 0 Å². The molecule has 32 heavy (non-hydrogen) atoms. The minimum absolute atomic E-state index is 0.0164. The van der Waals surface area contributed by atoms with E-state index in [1.54, 1.807) is 24.3 Å². The molecule has 2 aromatic rings. The van der Waals surface area contributed by atoms with Gasteiger partial charge in [0.1, 0.15) is 5.57 Å². The topological polar surface area (TPSA) is 84.9 Å². The van der Waals surface area contributed by atoms with Crippen LogP contribution in [0, 0.1) is 0 Å². The number of benzene rings is 2. The van der Waals surface area contributed by atoms with Crippen molar-refractivity contribution in [3.05, 3.63) is 69.7 Å². The summed E-state index contributed by atoms with van der Waals surface area (Å²) >= 11 is 12.2. The number of hydrogen-bond acceptors (Lipinski definition) is 5. The normalized spacial score (nSPS) is 15.1. The van der Waals surface area contributed by atoms with Gasteiger partial charge in [0.2, 0.25) is 0 Å². The number of carbonyl (C=O) groups is 3. The molecule has 0 atom stereocenters. The zero-order valence-corrected chi connectivity index (χ0v) is 18.9. The summed E-state index contributed by atoms with van der Waals surface area (Å²) in [7, 11) is 1.53. The van der Waals surface area contributed by atoms with Gasteiger partial charge < -0.3 is 9.47 Å². The minimum atomic E-state index is -0.918. The minimum Gasteiger partial charge on any atom is -0.493 e. The van der Waals surface area contributed by atoms with Crippen LogP contribution < -0.4 is 19.7 Å². The van der Waals surface area contributed by atoms with Crippen LogP contribution in [-0.2, 0) is 16.0 Å². The summed E-state index contributed by atoms with van der Waals surface area (Å²) in [5.74, 6) is -0.665. The Morgan fingerprint density at radius 3 is 2.59 bits per heavy atom. The summed E-state index contributed by atoms with van der Waals surface area (Å²) in [6.07, 6.45) is 3.55. The first kappa shape index (κ1) is 23.4. The number of barbiturate groups is 1. The van der Waals surface area contributed by atoms with E-state index < -0.39 is 17.8 Å². The second-order valence-corrected chi connectivity index (χ2v) is 7.45. The second-order valence-electron chi connectivity index (χ2n) is 6.67. The molecule has 1 fully saturated rings. The number of allylic oxidation sites excluding steroid dienone is 1. The molecule has 0 radical (unpaired) electrons. The molecule has 166 valence electrons. The number of amides is 4. The first-order chi connectivity index (χ1) is 15.3. The van der Waals surface area contributed by atoms with Crippen LogP contribution in [0.5, 0.6) is 11.5 Å². The standard InChI is InChI=1S/C23H20Cl2N2O5/c1-4-7-14-10-13(12-18(32-5-2)20(14)31-3)11-15-21(28)26-23(30)27(22(15)29)17-9-6-8-16(24)19(17)25/h4,6,8-12H,1,5,7H2,2-3H3,(H,26,28,30)/b15-11+. The quantitative estimate of drug-likeness (QED) is 0.354. The Kier molecular flexibility index (Phi) is 7.22. The highest BCUT2D eigenvalue weighted by molar-refractivity contribution is 6.46. The smallest absolute Gasteiger partial charge is 0.336 e. The molecule has 1 heterocycles. The summed E-state index contributed by atoms with van der Waals surface area (Å²) in [6, 6.07) is 7.01. The number of carbonyl (C=O) groups excluding carboxylic acids is 3. The van der Waals surface area contributed by atoms with Crippen molar-refractivity contribution in [1.29, 1.82) is 0 Å². The molecule has 1 aliphatic rings. The molecule has 0 aliphatic carbocycles. The van der Waals surface area contributed by atoms with Gasteiger partial charge in [0, 0.05) is 5.56 Å². The number of nitrogens with one attached hydrogen (secondary N) is 1. The zero-order chi connectivity index (χ0) is 23.4. The number of methoxy groups -OCH3 is 1. The average molecular weight is 475 g/mol. The molecule has 0 spiro atoms. The lowest BCUT2D eigenvalue weighted by Gasteiger charge is -2.27. The van der Waals surface area contributed by atoms with Crippen LogP contribution in [-0.4, -0.2) is 31.6 Å². The van der Waals surface area contributed by atoms with Gasteiger partial charge in [-0.05, 0) is 49.2 Å². The number of anilines is 1. The van der Waals surface area contributed by atoms with E-state index in [2.05, 4.69) is 11.9 Å². The largest absolute Gasteiger partial charge is 0.493 e. The van der Waals surface area contributed by atoms with E-state index in [-0.39, 0.29) is 21.3 Å². The lowest BCUT2D eigenvalue weighted by Crippen LogP contribution is -2.54. The molecule has 0 saturated carbocycles. The van der Waals surface area contributed by atoms with Crippen molar-refractivity contribution in [2.24, 2.45) is 0 Å². The highest BCUT2D eigenvalue weighted by Gasteiger charge is 2.38. The summed E-state index contributed by atoms with van der Waals surface area (Å²) in [4.78, 5) is 38.9. The van der Waals surface area contributed by atoms with Gasteiger partial charge in [-0.2, -0.15) is 0 Å². The zero-order valence-electron chi connectivity index (χ0n) is 17.4. The van der Waals surface area contributed by atoms with Crippen LogP contribution in [0.3, 0.4) is 0 Å². The van der Waals surface area contributed by atoms with Crippen LogP contribution >= 0.6 is 23.2 Å².